The van der Waals surface area contributed by atoms with E-state index in [2.05, 4.69) is 234 Å². The third-order valence-corrected chi connectivity index (χ3v) is 15.1. The molecule has 11 aromatic rings. The first-order valence-corrected chi connectivity index (χ1v) is 24.9. The monoisotopic (exact) mass is 922 g/mol. The molecule has 13 rings (SSSR count). The van der Waals surface area contributed by atoms with Gasteiger partial charge in [0.2, 0.25) is 0 Å². The topological polar surface area (TPSA) is 51.6 Å². The molecule has 4 nitrogen and oxygen atoms in total. The summed E-state index contributed by atoms with van der Waals surface area (Å²) in [6.45, 7) is 9.57. The molecule has 72 heavy (non-hydrogen) atoms. The standard InChI is InChI=1S/C68H50N4/c1-67(2)55-39-54-56(40-53(55)63-51(43-23-11-5-12-24-43)35-49(37-57(63)67)65-69-59(45-27-15-7-16-28-45)41-60(70-65)46-29-17-8-18-30-46)68(3,4)58-38-50(36-52(64(54)58)44-25-13-6-14-26-44)66-71-61(47-31-19-9-20-32-47)42-62(72-66)48-33-21-10-22-34-48/h5-42H,1-4H3. The van der Waals surface area contributed by atoms with E-state index >= 15 is 0 Å². The van der Waals surface area contributed by atoms with Gasteiger partial charge in [0.25, 0.3) is 0 Å². The Bertz CT molecular complexity index is 3490. The highest BCUT2D eigenvalue weighted by Gasteiger charge is 2.44. The van der Waals surface area contributed by atoms with Gasteiger partial charge in [-0.1, -0.05) is 210 Å². The van der Waals surface area contributed by atoms with Gasteiger partial charge in [0.15, 0.2) is 11.6 Å². The Morgan fingerprint density at radius 2 is 0.500 bits per heavy atom. The van der Waals surface area contributed by atoms with E-state index in [0.717, 1.165) is 67.3 Å². The lowest BCUT2D eigenvalue weighted by atomic mass is 9.79. The maximum atomic E-state index is 5.34. The fourth-order valence-corrected chi connectivity index (χ4v) is 11.3. The highest BCUT2D eigenvalue weighted by molar-refractivity contribution is 6.01. The lowest BCUT2D eigenvalue weighted by Gasteiger charge is -2.24. The quantitative estimate of drug-likeness (QED) is 0.152. The maximum Gasteiger partial charge on any atom is 0.160 e. The zero-order valence-electron chi connectivity index (χ0n) is 40.7. The summed E-state index contributed by atoms with van der Waals surface area (Å²) in [5.74, 6) is 1.41. The summed E-state index contributed by atoms with van der Waals surface area (Å²) in [5, 5.41) is 0. The molecule has 0 N–H and O–H groups in total. The van der Waals surface area contributed by atoms with E-state index in [-0.39, 0.29) is 10.8 Å². The van der Waals surface area contributed by atoms with Crippen molar-refractivity contribution in [2.75, 3.05) is 0 Å². The van der Waals surface area contributed by atoms with Gasteiger partial charge in [-0.25, -0.2) is 19.9 Å². The smallest absolute Gasteiger partial charge is 0.160 e. The van der Waals surface area contributed by atoms with Crippen molar-refractivity contribution in [2.24, 2.45) is 0 Å². The average Bonchev–Trinajstić information content (AvgIpc) is 3.81. The Kier molecular flexibility index (Phi) is 10.2. The molecule has 342 valence electrons. The van der Waals surface area contributed by atoms with Gasteiger partial charge >= 0.3 is 0 Å². The molecule has 4 heteroatoms. The summed E-state index contributed by atoms with van der Waals surface area (Å²) < 4.78 is 0. The number of aromatic nitrogens is 4. The van der Waals surface area contributed by atoms with Gasteiger partial charge in [0, 0.05) is 44.2 Å². The minimum atomic E-state index is -0.363. The van der Waals surface area contributed by atoms with Crippen molar-refractivity contribution in [3.63, 3.8) is 0 Å². The molecule has 2 heterocycles. The summed E-state index contributed by atoms with van der Waals surface area (Å²) in [6, 6.07) is 82.2. The lowest BCUT2D eigenvalue weighted by Crippen LogP contribution is -2.17. The lowest BCUT2D eigenvalue weighted by molar-refractivity contribution is 0.652. The van der Waals surface area contributed by atoms with Crippen LogP contribution in [0.25, 0.3) is 112 Å². The van der Waals surface area contributed by atoms with E-state index in [1.165, 1.54) is 55.6 Å². The SMILES string of the molecule is CC1(C)c2cc3c(cc2-c2c(-c4ccccc4)cc(-c4nc(-c5ccccc5)cc(-c5ccccc5)n4)cc21)C(C)(C)c1cc(-c2nc(-c4ccccc4)cc(-c4ccccc4)n2)cc(-c2ccccc2)c1-3. The van der Waals surface area contributed by atoms with Crippen molar-refractivity contribution in [2.45, 2.75) is 38.5 Å². The molecule has 0 atom stereocenters. The molecule has 0 aliphatic heterocycles. The first kappa shape index (κ1) is 43.2. The summed E-state index contributed by atoms with van der Waals surface area (Å²) >= 11 is 0. The second-order valence-electron chi connectivity index (χ2n) is 20.2. The van der Waals surface area contributed by atoms with Gasteiger partial charge in [-0.2, -0.15) is 0 Å². The highest BCUT2D eigenvalue weighted by Crippen LogP contribution is 2.60. The molecule has 2 aliphatic rings. The van der Waals surface area contributed by atoms with E-state index in [4.69, 9.17) is 19.9 Å². The predicted molar refractivity (Wildman–Crippen MR) is 296 cm³/mol. The fourth-order valence-electron chi connectivity index (χ4n) is 11.3. The molecule has 2 aromatic heterocycles. The third kappa shape index (κ3) is 7.21. The fraction of sp³-hybridized carbons (Fsp3) is 0.0882. The van der Waals surface area contributed by atoms with Crippen molar-refractivity contribution in [3.8, 4) is 112 Å². The molecule has 0 amide bonds. The van der Waals surface area contributed by atoms with Gasteiger partial charge in [0.05, 0.1) is 22.8 Å². The molecule has 9 aromatic carbocycles. The van der Waals surface area contributed by atoms with Crippen LogP contribution in [0.1, 0.15) is 49.9 Å². The molecule has 0 saturated heterocycles. The van der Waals surface area contributed by atoms with Gasteiger partial charge in [-0.15, -0.1) is 0 Å². The van der Waals surface area contributed by atoms with Gasteiger partial charge in [-0.05, 0) is 115 Å². The zero-order chi connectivity index (χ0) is 48.6. The number of fused-ring (bicyclic) bond motifs is 6. The van der Waals surface area contributed by atoms with Crippen LogP contribution < -0.4 is 0 Å². The van der Waals surface area contributed by atoms with E-state index in [1.54, 1.807) is 0 Å². The third-order valence-electron chi connectivity index (χ3n) is 15.1. The van der Waals surface area contributed by atoms with Crippen LogP contribution in [0.3, 0.4) is 0 Å². The minimum Gasteiger partial charge on any atom is -0.228 e. The molecular weight excluding hydrogens is 873 g/mol. The van der Waals surface area contributed by atoms with Crippen molar-refractivity contribution >= 4 is 0 Å². The summed E-state index contributed by atoms with van der Waals surface area (Å²) in [6.07, 6.45) is 0. The van der Waals surface area contributed by atoms with Crippen LogP contribution in [0, 0.1) is 0 Å². The normalized spacial score (nSPS) is 13.5. The van der Waals surface area contributed by atoms with Crippen LogP contribution in [-0.4, -0.2) is 19.9 Å². The predicted octanol–water partition coefficient (Wildman–Crippen LogP) is 17.2. The van der Waals surface area contributed by atoms with Crippen molar-refractivity contribution in [3.05, 3.63) is 253 Å². The molecule has 0 radical (unpaired) electrons. The van der Waals surface area contributed by atoms with Crippen molar-refractivity contribution in [1.29, 1.82) is 0 Å². The second-order valence-corrected chi connectivity index (χ2v) is 20.2. The zero-order valence-corrected chi connectivity index (χ0v) is 40.7. The number of benzene rings is 9. The van der Waals surface area contributed by atoms with Crippen molar-refractivity contribution < 1.29 is 0 Å². The Balaban J connectivity index is 1.01. The molecular formula is C68H50N4. The van der Waals surface area contributed by atoms with Crippen molar-refractivity contribution in [1.82, 2.24) is 19.9 Å². The van der Waals surface area contributed by atoms with Crippen LogP contribution in [0.2, 0.25) is 0 Å². The molecule has 0 saturated carbocycles. The summed E-state index contributed by atoms with van der Waals surface area (Å²) in [5.41, 5.74) is 24.0. The number of hydrogen-bond acceptors (Lipinski definition) is 4. The Hall–Kier alpha value is -8.86. The van der Waals surface area contributed by atoms with E-state index in [1.807, 2.05) is 24.3 Å². The molecule has 0 unspecified atom stereocenters. The van der Waals surface area contributed by atoms with E-state index in [9.17, 15) is 0 Å². The van der Waals surface area contributed by atoms with Gasteiger partial charge < -0.3 is 0 Å². The van der Waals surface area contributed by atoms with Gasteiger partial charge in [-0.3, -0.25) is 0 Å². The second kappa shape index (κ2) is 16.9. The Morgan fingerprint density at radius 1 is 0.236 bits per heavy atom. The minimum absolute atomic E-state index is 0.363. The van der Waals surface area contributed by atoms with Crippen LogP contribution in [0.4, 0.5) is 0 Å². The molecule has 2 aliphatic carbocycles. The summed E-state index contributed by atoms with van der Waals surface area (Å²) in [4.78, 5) is 21.4. The Morgan fingerprint density at radius 3 is 0.778 bits per heavy atom. The summed E-state index contributed by atoms with van der Waals surface area (Å²) in [7, 11) is 0. The van der Waals surface area contributed by atoms with Crippen LogP contribution in [0.15, 0.2) is 231 Å². The number of hydrogen-bond donors (Lipinski definition) is 0. The van der Waals surface area contributed by atoms with Crippen LogP contribution >= 0.6 is 0 Å². The molecule has 0 spiro atoms. The number of nitrogens with zero attached hydrogens (tertiary/aromatic N) is 4. The average molecular weight is 923 g/mol. The molecule has 0 bridgehead atoms. The number of rotatable bonds is 8. The first-order valence-electron chi connectivity index (χ1n) is 24.9. The molecule has 0 fully saturated rings. The maximum absolute atomic E-state index is 5.34. The highest BCUT2D eigenvalue weighted by atomic mass is 14.9. The van der Waals surface area contributed by atoms with Gasteiger partial charge in [0.1, 0.15) is 0 Å². The van der Waals surface area contributed by atoms with E-state index < -0.39 is 0 Å². The van der Waals surface area contributed by atoms with Crippen LogP contribution in [-0.2, 0) is 10.8 Å². The van der Waals surface area contributed by atoms with E-state index in [0.29, 0.717) is 11.6 Å². The first-order chi connectivity index (χ1) is 35.2. The Labute approximate surface area is 421 Å². The largest absolute Gasteiger partial charge is 0.228 e. The van der Waals surface area contributed by atoms with Crippen LogP contribution in [0.5, 0.6) is 0 Å².